The topological polar surface area (TPSA) is 68.4 Å². The standard InChI is InChI=1S/C21H18BrFN4O2/c1-3-17(21(29)24-16-9-8-13(22)11-15(16)23)27-18-7-5-4-6-14(18)20-25-19(28)10-12(2)26(20)27/h4-11,17H,3H2,1-2H3,(H,24,29)/t17-/m0/s1. The van der Waals surface area contributed by atoms with Crippen molar-refractivity contribution in [1.82, 2.24) is 14.2 Å². The van der Waals surface area contributed by atoms with Crippen molar-refractivity contribution in [2.75, 3.05) is 5.32 Å². The number of aryl methyl sites for hydroxylation is 1. The Labute approximate surface area is 174 Å². The number of aromatic nitrogens is 3. The summed E-state index contributed by atoms with van der Waals surface area (Å²) in [5.41, 5.74) is 1.70. The van der Waals surface area contributed by atoms with Gasteiger partial charge in [-0.05, 0) is 43.7 Å². The molecule has 1 atom stereocenters. The van der Waals surface area contributed by atoms with Crippen LogP contribution in [0.3, 0.4) is 0 Å². The van der Waals surface area contributed by atoms with Crippen LogP contribution >= 0.6 is 15.9 Å². The number of benzene rings is 2. The summed E-state index contributed by atoms with van der Waals surface area (Å²) in [4.78, 5) is 29.3. The molecule has 0 saturated carbocycles. The van der Waals surface area contributed by atoms with E-state index in [9.17, 15) is 14.0 Å². The number of anilines is 1. The summed E-state index contributed by atoms with van der Waals surface area (Å²) in [6.07, 6.45) is 0.462. The number of hydrogen-bond acceptors (Lipinski definition) is 3. The van der Waals surface area contributed by atoms with Crippen LogP contribution < -0.4 is 10.9 Å². The highest BCUT2D eigenvalue weighted by atomic mass is 79.9. The number of halogens is 2. The van der Waals surface area contributed by atoms with E-state index in [-0.39, 0.29) is 17.2 Å². The van der Waals surface area contributed by atoms with Crippen LogP contribution in [0.2, 0.25) is 0 Å². The largest absolute Gasteiger partial charge is 0.322 e. The number of fused-ring (bicyclic) bond motifs is 3. The van der Waals surface area contributed by atoms with Crippen molar-refractivity contribution in [3.05, 3.63) is 74.9 Å². The fraction of sp³-hybridized carbons (Fsp3) is 0.190. The van der Waals surface area contributed by atoms with E-state index in [2.05, 4.69) is 26.2 Å². The lowest BCUT2D eigenvalue weighted by molar-refractivity contribution is -0.119. The Hall–Kier alpha value is -3.00. The Morgan fingerprint density at radius 3 is 2.72 bits per heavy atom. The zero-order valence-electron chi connectivity index (χ0n) is 15.8. The SMILES string of the molecule is CC[C@@H](C(=O)Nc1ccc(Br)cc1F)n1c2ccccc2c2nc(=O)cc(C)n21. The van der Waals surface area contributed by atoms with Crippen molar-refractivity contribution >= 4 is 44.1 Å². The van der Waals surface area contributed by atoms with Gasteiger partial charge in [-0.25, -0.2) is 8.91 Å². The number of nitrogens with zero attached hydrogens (tertiary/aromatic N) is 3. The van der Waals surface area contributed by atoms with Crippen molar-refractivity contribution in [3.8, 4) is 0 Å². The Bertz CT molecular complexity index is 1310. The molecule has 0 spiro atoms. The summed E-state index contributed by atoms with van der Waals surface area (Å²) in [7, 11) is 0. The zero-order valence-corrected chi connectivity index (χ0v) is 17.4. The van der Waals surface area contributed by atoms with Crippen molar-refractivity contribution in [3.63, 3.8) is 0 Å². The van der Waals surface area contributed by atoms with Gasteiger partial charge in [0.15, 0.2) is 5.65 Å². The van der Waals surface area contributed by atoms with Crippen LogP contribution in [0, 0.1) is 12.7 Å². The van der Waals surface area contributed by atoms with Crippen molar-refractivity contribution in [1.29, 1.82) is 0 Å². The first-order valence-electron chi connectivity index (χ1n) is 9.16. The van der Waals surface area contributed by atoms with E-state index in [1.165, 1.54) is 18.2 Å². The molecule has 1 amide bonds. The molecule has 2 heterocycles. The predicted molar refractivity (Wildman–Crippen MR) is 114 cm³/mol. The van der Waals surface area contributed by atoms with Crippen molar-refractivity contribution in [2.24, 2.45) is 0 Å². The molecule has 148 valence electrons. The molecule has 0 aliphatic carbocycles. The first-order valence-corrected chi connectivity index (χ1v) is 9.95. The molecule has 0 aliphatic heterocycles. The second kappa shape index (κ2) is 7.44. The molecule has 1 N–H and O–H groups in total. The van der Waals surface area contributed by atoms with Gasteiger partial charge in [0.05, 0.1) is 11.2 Å². The Balaban J connectivity index is 1.88. The summed E-state index contributed by atoms with van der Waals surface area (Å²) in [6.45, 7) is 3.68. The maximum atomic E-state index is 14.2. The summed E-state index contributed by atoms with van der Waals surface area (Å²) in [5, 5.41) is 3.46. The zero-order chi connectivity index (χ0) is 20.7. The van der Waals surface area contributed by atoms with E-state index in [1.54, 1.807) is 17.5 Å². The number of carbonyl (C=O) groups excluding carboxylic acids is 1. The third kappa shape index (κ3) is 3.33. The van der Waals surface area contributed by atoms with Crippen molar-refractivity contribution in [2.45, 2.75) is 26.3 Å². The molecule has 0 fully saturated rings. The number of carbonyl (C=O) groups is 1. The van der Waals surface area contributed by atoms with E-state index in [1.807, 2.05) is 35.9 Å². The van der Waals surface area contributed by atoms with Crippen LogP contribution in [0.15, 0.2) is 57.8 Å². The normalized spacial score (nSPS) is 12.4. The monoisotopic (exact) mass is 456 g/mol. The number of amides is 1. The van der Waals surface area contributed by atoms with E-state index >= 15 is 0 Å². The molecule has 2 aromatic carbocycles. The fourth-order valence-corrected chi connectivity index (χ4v) is 3.92. The fourth-order valence-electron chi connectivity index (χ4n) is 3.59. The maximum absolute atomic E-state index is 14.2. The molecular formula is C21H18BrFN4O2. The molecule has 2 aromatic heterocycles. The molecule has 0 aliphatic rings. The first kappa shape index (κ1) is 19.3. The number of hydrogen-bond donors (Lipinski definition) is 1. The lowest BCUT2D eigenvalue weighted by atomic mass is 10.2. The number of para-hydroxylation sites is 1. The lowest BCUT2D eigenvalue weighted by Gasteiger charge is -2.20. The minimum Gasteiger partial charge on any atom is -0.322 e. The third-order valence-corrected chi connectivity index (χ3v) is 5.36. The minimum absolute atomic E-state index is 0.110. The maximum Gasteiger partial charge on any atom is 0.273 e. The van der Waals surface area contributed by atoms with Gasteiger partial charge in [-0.3, -0.25) is 14.3 Å². The average molecular weight is 457 g/mol. The van der Waals surface area contributed by atoms with E-state index in [0.29, 0.717) is 22.2 Å². The van der Waals surface area contributed by atoms with Crippen LogP contribution in [-0.4, -0.2) is 20.1 Å². The molecule has 4 rings (SSSR count). The van der Waals surface area contributed by atoms with Crippen LogP contribution in [0.4, 0.5) is 10.1 Å². The Kier molecular flexibility index (Phi) is 4.96. The van der Waals surface area contributed by atoms with Gasteiger partial charge in [-0.15, -0.1) is 0 Å². The number of nitrogens with one attached hydrogen (secondary N) is 1. The first-order chi connectivity index (χ1) is 13.9. The van der Waals surface area contributed by atoms with Crippen LogP contribution in [0.5, 0.6) is 0 Å². The molecule has 0 bridgehead atoms. The van der Waals surface area contributed by atoms with Crippen LogP contribution in [0.25, 0.3) is 16.6 Å². The van der Waals surface area contributed by atoms with Crippen LogP contribution in [-0.2, 0) is 4.79 Å². The van der Waals surface area contributed by atoms with Gasteiger partial charge in [0, 0.05) is 21.6 Å². The highest BCUT2D eigenvalue weighted by molar-refractivity contribution is 9.10. The molecule has 29 heavy (non-hydrogen) atoms. The molecular weight excluding hydrogens is 439 g/mol. The summed E-state index contributed by atoms with van der Waals surface area (Å²) in [5.74, 6) is -0.874. The van der Waals surface area contributed by atoms with Gasteiger partial charge in [0.1, 0.15) is 11.9 Å². The summed E-state index contributed by atoms with van der Waals surface area (Å²) >= 11 is 3.21. The smallest absolute Gasteiger partial charge is 0.273 e. The third-order valence-electron chi connectivity index (χ3n) is 4.86. The molecule has 8 heteroatoms. The highest BCUT2D eigenvalue weighted by Gasteiger charge is 2.25. The molecule has 0 saturated heterocycles. The Morgan fingerprint density at radius 1 is 1.24 bits per heavy atom. The second-order valence-corrected chi connectivity index (χ2v) is 7.69. The average Bonchev–Trinajstić information content (AvgIpc) is 3.00. The number of rotatable bonds is 4. The van der Waals surface area contributed by atoms with Gasteiger partial charge in [0.25, 0.3) is 5.56 Å². The molecule has 0 unspecified atom stereocenters. The van der Waals surface area contributed by atoms with Crippen LogP contribution in [0.1, 0.15) is 25.1 Å². The van der Waals surface area contributed by atoms with Crippen molar-refractivity contribution < 1.29 is 9.18 Å². The van der Waals surface area contributed by atoms with E-state index in [0.717, 1.165) is 10.9 Å². The Morgan fingerprint density at radius 2 is 2.00 bits per heavy atom. The van der Waals surface area contributed by atoms with Gasteiger partial charge < -0.3 is 5.32 Å². The van der Waals surface area contributed by atoms with Gasteiger partial charge >= 0.3 is 0 Å². The quantitative estimate of drug-likeness (QED) is 0.493. The van der Waals surface area contributed by atoms with Gasteiger partial charge in [-0.1, -0.05) is 35.0 Å². The molecule has 4 aromatic rings. The summed E-state index contributed by atoms with van der Waals surface area (Å²) in [6, 6.07) is 12.7. The molecule has 0 radical (unpaired) electrons. The van der Waals surface area contributed by atoms with E-state index < -0.39 is 11.9 Å². The van der Waals surface area contributed by atoms with E-state index in [4.69, 9.17) is 0 Å². The molecule has 6 nitrogen and oxygen atoms in total. The second-order valence-electron chi connectivity index (χ2n) is 6.77. The van der Waals surface area contributed by atoms with Gasteiger partial charge in [0.2, 0.25) is 5.91 Å². The summed E-state index contributed by atoms with van der Waals surface area (Å²) < 4.78 is 18.4. The predicted octanol–water partition coefficient (Wildman–Crippen LogP) is 4.45. The lowest BCUT2D eigenvalue weighted by Crippen LogP contribution is -2.29. The van der Waals surface area contributed by atoms with Gasteiger partial charge in [-0.2, -0.15) is 4.98 Å². The highest BCUT2D eigenvalue weighted by Crippen LogP contribution is 2.28. The minimum atomic E-state index is -0.636.